The van der Waals surface area contributed by atoms with Crippen LogP contribution in [0.1, 0.15) is 16.8 Å². The molecule has 0 saturated carbocycles. The van der Waals surface area contributed by atoms with Crippen molar-refractivity contribution in [3.63, 3.8) is 0 Å². The van der Waals surface area contributed by atoms with E-state index in [9.17, 15) is 14.3 Å². The van der Waals surface area contributed by atoms with Crippen LogP contribution in [-0.4, -0.2) is 29.6 Å². The maximum absolute atomic E-state index is 12.9. The molecule has 1 aliphatic rings. The first-order valence-electron chi connectivity index (χ1n) is 4.99. The number of carbonyl (C=O) groups excluding carboxylic acids is 1. The number of benzene rings is 1. The molecule has 3 N–H and O–H groups in total. The molecule has 16 heavy (non-hydrogen) atoms. The van der Waals surface area contributed by atoms with Crippen LogP contribution in [0.2, 0.25) is 0 Å². The van der Waals surface area contributed by atoms with Gasteiger partial charge in [-0.25, -0.2) is 4.39 Å². The van der Waals surface area contributed by atoms with E-state index >= 15 is 0 Å². The van der Waals surface area contributed by atoms with Crippen LogP contribution in [-0.2, 0) is 0 Å². The van der Waals surface area contributed by atoms with Gasteiger partial charge in [-0.2, -0.15) is 0 Å². The Morgan fingerprint density at radius 3 is 3.06 bits per heavy atom. The monoisotopic (exact) mass is 225 g/mol. The van der Waals surface area contributed by atoms with Crippen molar-refractivity contribution in [3.05, 3.63) is 29.6 Å². The highest BCUT2D eigenvalue weighted by Crippen LogP contribution is 2.29. The Labute approximate surface area is 91.8 Å². The van der Waals surface area contributed by atoms with E-state index in [0.29, 0.717) is 5.75 Å². The number of halogens is 1. The second-order valence-electron chi connectivity index (χ2n) is 3.73. The average Bonchev–Trinajstić information content (AvgIpc) is 2.28. The molecule has 0 aliphatic carbocycles. The first-order chi connectivity index (χ1) is 7.61. The van der Waals surface area contributed by atoms with Crippen molar-refractivity contribution in [1.82, 2.24) is 0 Å². The fourth-order valence-electron chi connectivity index (χ4n) is 1.69. The van der Waals surface area contributed by atoms with Gasteiger partial charge in [0.1, 0.15) is 23.8 Å². The quantitative estimate of drug-likeness (QED) is 0.767. The van der Waals surface area contributed by atoms with Crippen LogP contribution in [0.5, 0.6) is 5.75 Å². The molecule has 4 nitrogen and oxygen atoms in total. The summed E-state index contributed by atoms with van der Waals surface area (Å²) in [7, 11) is 0. The molecule has 0 saturated heterocycles. The lowest BCUT2D eigenvalue weighted by atomic mass is 9.98. The predicted octanol–water partition coefficient (Wildman–Crippen LogP) is 0.479. The molecule has 5 heteroatoms. The molecule has 0 aromatic heterocycles. The van der Waals surface area contributed by atoms with Gasteiger partial charge in [-0.05, 0) is 18.2 Å². The molecule has 0 unspecified atom stereocenters. The molecular formula is C11H12FNO3. The third-order valence-electron chi connectivity index (χ3n) is 2.58. The largest absolute Gasteiger partial charge is 0.486 e. The molecule has 1 aromatic rings. The Kier molecular flexibility index (Phi) is 2.89. The Balaban J connectivity index is 2.30. The van der Waals surface area contributed by atoms with Crippen LogP contribution >= 0.6 is 0 Å². The highest BCUT2D eigenvalue weighted by Gasteiger charge is 2.30. The molecule has 2 rings (SSSR count). The molecule has 1 aliphatic heterocycles. The van der Waals surface area contributed by atoms with Crippen molar-refractivity contribution in [3.8, 4) is 5.75 Å². The molecule has 86 valence electrons. The summed E-state index contributed by atoms with van der Waals surface area (Å²) in [5.41, 5.74) is 5.51. The number of ketones is 1. The Hall–Kier alpha value is -1.46. The maximum Gasteiger partial charge on any atom is 0.170 e. The number of hydrogen-bond donors (Lipinski definition) is 2. The van der Waals surface area contributed by atoms with E-state index in [4.69, 9.17) is 10.5 Å². The maximum atomic E-state index is 12.9. The molecule has 1 aromatic carbocycles. The number of aliphatic hydroxyl groups is 1. The number of hydrogen-bond acceptors (Lipinski definition) is 4. The zero-order valence-electron chi connectivity index (χ0n) is 8.52. The molecule has 1 heterocycles. The fourth-order valence-corrected chi connectivity index (χ4v) is 1.69. The van der Waals surface area contributed by atoms with E-state index in [-0.39, 0.29) is 24.3 Å². The smallest absolute Gasteiger partial charge is 0.170 e. The van der Waals surface area contributed by atoms with E-state index in [1.54, 1.807) is 0 Å². The van der Waals surface area contributed by atoms with Gasteiger partial charge in [0.25, 0.3) is 0 Å². The van der Waals surface area contributed by atoms with Crippen molar-refractivity contribution >= 4 is 5.78 Å². The van der Waals surface area contributed by atoms with Gasteiger partial charge in [0, 0.05) is 6.54 Å². The minimum Gasteiger partial charge on any atom is -0.486 e. The van der Waals surface area contributed by atoms with Gasteiger partial charge in [-0.3, -0.25) is 4.79 Å². The highest BCUT2D eigenvalue weighted by molar-refractivity contribution is 5.99. The Bertz CT molecular complexity index is 422. The summed E-state index contributed by atoms with van der Waals surface area (Å²) in [5.74, 6) is -0.415. The van der Waals surface area contributed by atoms with Crippen LogP contribution in [0.15, 0.2) is 18.2 Å². The van der Waals surface area contributed by atoms with Crippen molar-refractivity contribution in [2.45, 2.75) is 18.6 Å². The molecule has 2 atom stereocenters. The van der Waals surface area contributed by atoms with Crippen LogP contribution < -0.4 is 10.5 Å². The number of carbonyl (C=O) groups is 1. The molecule has 0 fully saturated rings. The molecule has 0 bridgehead atoms. The first kappa shape index (κ1) is 11.0. The topological polar surface area (TPSA) is 72.5 Å². The normalized spacial score (nSPS) is 21.2. The standard InChI is InChI=1S/C11H12FNO3/c12-6-1-2-10-7(3-6)8(14)4-11(16-10)9(15)5-13/h1-3,9,11,15H,4-5,13H2/t9-,11-/m1/s1. The van der Waals surface area contributed by atoms with Gasteiger partial charge in [0.2, 0.25) is 0 Å². The van der Waals surface area contributed by atoms with E-state index in [2.05, 4.69) is 0 Å². The van der Waals surface area contributed by atoms with Gasteiger partial charge in [0.15, 0.2) is 5.78 Å². The summed E-state index contributed by atoms with van der Waals surface area (Å²) in [6, 6.07) is 3.74. The van der Waals surface area contributed by atoms with E-state index < -0.39 is 18.0 Å². The van der Waals surface area contributed by atoms with Gasteiger partial charge < -0.3 is 15.6 Å². The number of ether oxygens (including phenoxy) is 1. The molecule has 0 amide bonds. The fraction of sp³-hybridized carbons (Fsp3) is 0.364. The number of rotatable bonds is 2. The van der Waals surface area contributed by atoms with Gasteiger partial charge >= 0.3 is 0 Å². The number of nitrogens with two attached hydrogens (primary N) is 1. The van der Waals surface area contributed by atoms with E-state index in [0.717, 1.165) is 6.07 Å². The van der Waals surface area contributed by atoms with E-state index in [1.165, 1.54) is 12.1 Å². The van der Waals surface area contributed by atoms with Crippen molar-refractivity contribution in [2.24, 2.45) is 5.73 Å². The van der Waals surface area contributed by atoms with Gasteiger partial charge in [-0.15, -0.1) is 0 Å². The number of aliphatic hydroxyl groups excluding tert-OH is 1. The van der Waals surface area contributed by atoms with Crippen LogP contribution in [0, 0.1) is 5.82 Å². The summed E-state index contributed by atoms with van der Waals surface area (Å²) < 4.78 is 18.3. The van der Waals surface area contributed by atoms with Gasteiger partial charge in [0.05, 0.1) is 12.0 Å². The second kappa shape index (κ2) is 4.19. The lowest BCUT2D eigenvalue weighted by Crippen LogP contribution is -2.41. The molecule has 0 radical (unpaired) electrons. The van der Waals surface area contributed by atoms with Crippen LogP contribution in [0.3, 0.4) is 0 Å². The molecular weight excluding hydrogens is 213 g/mol. The first-order valence-corrected chi connectivity index (χ1v) is 4.99. The predicted molar refractivity (Wildman–Crippen MR) is 54.8 cm³/mol. The second-order valence-corrected chi connectivity index (χ2v) is 3.73. The lowest BCUT2D eigenvalue weighted by Gasteiger charge is -2.28. The zero-order chi connectivity index (χ0) is 11.7. The minimum absolute atomic E-state index is 0.0223. The Morgan fingerprint density at radius 2 is 2.38 bits per heavy atom. The van der Waals surface area contributed by atoms with Crippen molar-refractivity contribution in [2.75, 3.05) is 6.54 Å². The highest BCUT2D eigenvalue weighted by atomic mass is 19.1. The number of fused-ring (bicyclic) bond motifs is 1. The summed E-state index contributed by atoms with van der Waals surface area (Å²) in [4.78, 5) is 11.7. The summed E-state index contributed by atoms with van der Waals surface area (Å²) in [6.45, 7) is 0.0223. The number of Topliss-reactive ketones (excluding diaryl/α,β-unsaturated/α-hetero) is 1. The third-order valence-corrected chi connectivity index (χ3v) is 2.58. The SMILES string of the molecule is NC[C@@H](O)[C@H]1CC(=O)c2cc(F)ccc2O1. The van der Waals surface area contributed by atoms with Gasteiger partial charge in [-0.1, -0.05) is 0 Å². The van der Waals surface area contributed by atoms with Crippen LogP contribution in [0.4, 0.5) is 4.39 Å². The average molecular weight is 225 g/mol. The van der Waals surface area contributed by atoms with E-state index in [1.807, 2.05) is 0 Å². The van der Waals surface area contributed by atoms with Crippen LogP contribution in [0.25, 0.3) is 0 Å². The summed E-state index contributed by atoms with van der Waals surface area (Å²) in [6.07, 6.45) is -1.51. The van der Waals surface area contributed by atoms with Crippen molar-refractivity contribution < 1.29 is 19.0 Å². The lowest BCUT2D eigenvalue weighted by molar-refractivity contribution is 0.0285. The summed E-state index contributed by atoms with van der Waals surface area (Å²) in [5, 5.41) is 9.50. The van der Waals surface area contributed by atoms with Crippen molar-refractivity contribution in [1.29, 1.82) is 0 Å². The third kappa shape index (κ3) is 1.91. The Morgan fingerprint density at radius 1 is 1.62 bits per heavy atom. The zero-order valence-corrected chi connectivity index (χ0v) is 8.52. The molecule has 0 spiro atoms. The minimum atomic E-state index is -0.887. The summed E-state index contributed by atoms with van der Waals surface area (Å²) >= 11 is 0.